The number of allylic oxidation sites excluding steroid dienone is 1. The van der Waals surface area contributed by atoms with E-state index in [0.29, 0.717) is 52.4 Å². The van der Waals surface area contributed by atoms with Gasteiger partial charge in [0.05, 0.1) is 29.9 Å². The monoisotopic (exact) mass is 526 g/mol. The minimum absolute atomic E-state index is 0.0304. The van der Waals surface area contributed by atoms with Crippen LogP contribution in [-0.2, 0) is 4.79 Å². The number of fused-ring (bicyclic) bond motifs is 1. The number of para-hydroxylation sites is 3. The van der Waals surface area contributed by atoms with E-state index in [-0.39, 0.29) is 11.6 Å². The van der Waals surface area contributed by atoms with Crippen LogP contribution in [0.15, 0.2) is 84.1 Å². The standard InChI is InChI=1S/C28H26N6O5/c1-4-39-22-11-7-5-9-20(22)25-24(27(35)30-21-10-6-8-12-23(21)38-3)17(2)29-28-31-26(32-33(25)28)18-13-15-19(16-14-18)34(36)37/h5-16,25H,4H2,1-3H3,(H,30,35)(H,29,31,32). The topological polar surface area (TPSA) is 133 Å². The minimum atomic E-state index is -0.682. The Balaban J connectivity index is 1.62. The summed E-state index contributed by atoms with van der Waals surface area (Å²) >= 11 is 0. The molecule has 5 rings (SSSR count). The number of nitrogens with one attached hydrogen (secondary N) is 2. The Labute approximate surface area is 224 Å². The molecule has 0 fully saturated rings. The Morgan fingerprint density at radius 1 is 1.08 bits per heavy atom. The van der Waals surface area contributed by atoms with Crippen LogP contribution in [0.5, 0.6) is 11.5 Å². The summed E-state index contributed by atoms with van der Waals surface area (Å²) in [5.74, 6) is 1.57. The van der Waals surface area contributed by atoms with Crippen molar-refractivity contribution in [3.63, 3.8) is 0 Å². The summed E-state index contributed by atoms with van der Waals surface area (Å²) in [6.45, 7) is 4.13. The van der Waals surface area contributed by atoms with Crippen LogP contribution in [0, 0.1) is 10.1 Å². The molecule has 4 aromatic rings. The number of non-ortho nitro benzene ring substituents is 1. The molecule has 1 atom stereocenters. The molecule has 0 spiro atoms. The molecule has 3 aromatic carbocycles. The molecule has 0 saturated heterocycles. The van der Waals surface area contributed by atoms with E-state index >= 15 is 0 Å². The molecule has 2 heterocycles. The van der Waals surface area contributed by atoms with Crippen LogP contribution in [0.4, 0.5) is 17.3 Å². The van der Waals surface area contributed by atoms with Crippen molar-refractivity contribution in [2.45, 2.75) is 19.9 Å². The first kappa shape index (κ1) is 25.5. The second kappa shape index (κ2) is 10.7. The molecule has 0 saturated carbocycles. The molecule has 1 aromatic heterocycles. The average molecular weight is 527 g/mol. The lowest BCUT2D eigenvalue weighted by Gasteiger charge is -2.29. The number of nitro groups is 1. The predicted octanol–water partition coefficient (Wildman–Crippen LogP) is 5.19. The van der Waals surface area contributed by atoms with Crippen molar-refractivity contribution in [1.82, 2.24) is 14.8 Å². The Bertz CT molecular complexity index is 1580. The number of carbonyl (C=O) groups is 1. The third kappa shape index (κ3) is 4.89. The molecule has 2 N–H and O–H groups in total. The number of carbonyl (C=O) groups excluding carboxylic acids is 1. The fraction of sp³-hybridized carbons (Fsp3) is 0.179. The zero-order valence-electron chi connectivity index (χ0n) is 21.5. The molecule has 0 aliphatic carbocycles. The fourth-order valence-electron chi connectivity index (χ4n) is 4.52. The lowest BCUT2D eigenvalue weighted by molar-refractivity contribution is -0.384. The fourth-order valence-corrected chi connectivity index (χ4v) is 4.52. The number of amides is 1. The number of rotatable bonds is 8. The molecule has 1 unspecified atom stereocenters. The van der Waals surface area contributed by atoms with E-state index in [1.54, 1.807) is 43.0 Å². The van der Waals surface area contributed by atoms with Crippen molar-refractivity contribution in [2.75, 3.05) is 24.4 Å². The summed E-state index contributed by atoms with van der Waals surface area (Å²) in [6, 6.07) is 20.0. The highest BCUT2D eigenvalue weighted by Crippen LogP contribution is 2.40. The summed E-state index contributed by atoms with van der Waals surface area (Å²) in [5, 5.41) is 22.0. The van der Waals surface area contributed by atoms with Gasteiger partial charge in [-0.2, -0.15) is 4.98 Å². The maximum absolute atomic E-state index is 13.9. The predicted molar refractivity (Wildman–Crippen MR) is 146 cm³/mol. The van der Waals surface area contributed by atoms with Crippen LogP contribution < -0.4 is 20.1 Å². The molecule has 1 amide bonds. The molecule has 0 bridgehead atoms. The molecule has 11 heteroatoms. The smallest absolute Gasteiger partial charge is 0.269 e. The lowest BCUT2D eigenvalue weighted by atomic mass is 9.94. The molecule has 198 valence electrons. The highest BCUT2D eigenvalue weighted by Gasteiger charge is 2.36. The average Bonchev–Trinajstić information content (AvgIpc) is 3.37. The number of benzene rings is 3. The second-order valence-corrected chi connectivity index (χ2v) is 8.70. The summed E-state index contributed by atoms with van der Waals surface area (Å²) in [6.07, 6.45) is 0. The molecule has 1 aliphatic heterocycles. The van der Waals surface area contributed by atoms with Gasteiger partial charge >= 0.3 is 0 Å². The third-order valence-corrected chi connectivity index (χ3v) is 6.30. The number of aromatic nitrogens is 3. The van der Waals surface area contributed by atoms with Crippen molar-refractivity contribution in [2.24, 2.45) is 0 Å². The zero-order valence-corrected chi connectivity index (χ0v) is 21.5. The summed E-state index contributed by atoms with van der Waals surface area (Å²) in [4.78, 5) is 29.1. The SMILES string of the molecule is CCOc1ccccc1C1C(C(=O)Nc2ccccc2OC)=C(C)Nc2nc(-c3ccc([N+](=O)[O-])cc3)nn21. The summed E-state index contributed by atoms with van der Waals surface area (Å²) < 4.78 is 13.0. The maximum Gasteiger partial charge on any atom is 0.269 e. The number of nitrogens with zero attached hydrogens (tertiary/aromatic N) is 4. The van der Waals surface area contributed by atoms with E-state index < -0.39 is 11.0 Å². The number of hydrogen-bond acceptors (Lipinski definition) is 8. The highest BCUT2D eigenvalue weighted by atomic mass is 16.6. The first-order valence-electron chi connectivity index (χ1n) is 12.3. The number of ether oxygens (including phenoxy) is 2. The van der Waals surface area contributed by atoms with E-state index in [0.717, 1.165) is 5.56 Å². The van der Waals surface area contributed by atoms with Gasteiger partial charge in [-0.05, 0) is 44.2 Å². The number of nitro benzene ring substituents is 1. The van der Waals surface area contributed by atoms with Gasteiger partial charge in [0.15, 0.2) is 5.82 Å². The largest absolute Gasteiger partial charge is 0.495 e. The summed E-state index contributed by atoms with van der Waals surface area (Å²) in [7, 11) is 1.54. The number of methoxy groups -OCH3 is 1. The van der Waals surface area contributed by atoms with Gasteiger partial charge in [0.25, 0.3) is 11.6 Å². The Morgan fingerprint density at radius 2 is 1.77 bits per heavy atom. The first-order chi connectivity index (χ1) is 18.9. The van der Waals surface area contributed by atoms with Gasteiger partial charge < -0.3 is 20.1 Å². The molecule has 1 aliphatic rings. The van der Waals surface area contributed by atoms with E-state index in [1.807, 2.05) is 43.3 Å². The highest BCUT2D eigenvalue weighted by molar-refractivity contribution is 6.06. The Hall–Kier alpha value is -5.19. The molecular weight excluding hydrogens is 500 g/mol. The van der Waals surface area contributed by atoms with Crippen LogP contribution in [0.1, 0.15) is 25.5 Å². The summed E-state index contributed by atoms with van der Waals surface area (Å²) in [5.41, 5.74) is 2.83. The molecular formula is C28H26N6O5. The minimum Gasteiger partial charge on any atom is -0.495 e. The van der Waals surface area contributed by atoms with Crippen LogP contribution in [0.25, 0.3) is 11.4 Å². The second-order valence-electron chi connectivity index (χ2n) is 8.70. The van der Waals surface area contributed by atoms with Crippen LogP contribution in [0.2, 0.25) is 0 Å². The third-order valence-electron chi connectivity index (χ3n) is 6.30. The molecule has 39 heavy (non-hydrogen) atoms. The zero-order chi connectivity index (χ0) is 27.5. The van der Waals surface area contributed by atoms with Crippen molar-refractivity contribution >= 4 is 23.2 Å². The van der Waals surface area contributed by atoms with E-state index in [4.69, 9.17) is 14.6 Å². The van der Waals surface area contributed by atoms with Crippen molar-refractivity contribution in [3.8, 4) is 22.9 Å². The first-order valence-corrected chi connectivity index (χ1v) is 12.3. The van der Waals surface area contributed by atoms with Gasteiger partial charge in [-0.3, -0.25) is 14.9 Å². The van der Waals surface area contributed by atoms with E-state index in [2.05, 4.69) is 15.6 Å². The molecule has 11 nitrogen and oxygen atoms in total. The van der Waals surface area contributed by atoms with Gasteiger partial charge in [-0.1, -0.05) is 30.3 Å². The lowest BCUT2D eigenvalue weighted by Crippen LogP contribution is -2.31. The normalized spacial score (nSPS) is 14.3. The van der Waals surface area contributed by atoms with Crippen molar-refractivity contribution < 1.29 is 19.2 Å². The van der Waals surface area contributed by atoms with Gasteiger partial charge in [-0.15, -0.1) is 5.10 Å². The number of anilines is 2. The van der Waals surface area contributed by atoms with E-state index in [1.165, 1.54) is 12.1 Å². The van der Waals surface area contributed by atoms with E-state index in [9.17, 15) is 14.9 Å². The van der Waals surface area contributed by atoms with Crippen molar-refractivity contribution in [3.05, 3.63) is 99.7 Å². The van der Waals surface area contributed by atoms with Crippen LogP contribution in [-0.4, -0.2) is 39.3 Å². The Kier molecular flexibility index (Phi) is 6.96. The van der Waals surface area contributed by atoms with Crippen LogP contribution in [0.3, 0.4) is 0 Å². The van der Waals surface area contributed by atoms with Gasteiger partial charge in [0.2, 0.25) is 5.95 Å². The molecule has 0 radical (unpaired) electrons. The van der Waals surface area contributed by atoms with Gasteiger partial charge in [0, 0.05) is 29.0 Å². The quantitative estimate of drug-likeness (QED) is 0.237. The van der Waals surface area contributed by atoms with Gasteiger partial charge in [0.1, 0.15) is 17.5 Å². The van der Waals surface area contributed by atoms with Gasteiger partial charge in [-0.25, -0.2) is 4.68 Å². The maximum atomic E-state index is 13.9. The van der Waals surface area contributed by atoms with Crippen LogP contribution >= 0.6 is 0 Å². The number of hydrogen-bond donors (Lipinski definition) is 2. The van der Waals surface area contributed by atoms with Crippen molar-refractivity contribution in [1.29, 1.82) is 0 Å². The Morgan fingerprint density at radius 3 is 2.46 bits per heavy atom.